The highest BCUT2D eigenvalue weighted by Gasteiger charge is 2.23. The average Bonchev–Trinajstić information content (AvgIpc) is 3.84. The van der Waals surface area contributed by atoms with E-state index in [4.69, 9.17) is 33.5 Å². The van der Waals surface area contributed by atoms with E-state index in [1.54, 1.807) is 48.5 Å². The van der Waals surface area contributed by atoms with Crippen molar-refractivity contribution >= 4 is 88.5 Å². The maximum Gasteiger partial charge on any atom is 0.240 e. The number of benzene rings is 6. The van der Waals surface area contributed by atoms with E-state index in [0.29, 0.717) is 33.3 Å². The van der Waals surface area contributed by atoms with Gasteiger partial charge in [-0.15, -0.1) is 20.1 Å². The Kier molecular flexibility index (Phi) is 12.8. The topological polar surface area (TPSA) is 240 Å². The molecule has 0 aliphatic heterocycles. The predicted molar refractivity (Wildman–Crippen MR) is 228 cm³/mol. The van der Waals surface area contributed by atoms with Crippen LogP contribution in [0.15, 0.2) is 119 Å². The van der Waals surface area contributed by atoms with Gasteiger partial charge in [-0.25, -0.2) is 49.4 Å². The van der Waals surface area contributed by atoms with Crippen molar-refractivity contribution in [1.82, 2.24) is 30.0 Å². The monoisotopic (exact) mass is 954 g/mol. The van der Waals surface area contributed by atoms with Crippen LogP contribution in [0, 0.1) is 23.3 Å². The molecule has 2 amide bonds. The first-order valence-electron chi connectivity index (χ1n) is 18.1. The molecule has 2 heterocycles. The summed E-state index contributed by atoms with van der Waals surface area (Å²) in [6.45, 7) is 0. The van der Waals surface area contributed by atoms with E-state index in [1.165, 1.54) is 24.3 Å². The second-order valence-electron chi connectivity index (χ2n) is 13.6. The van der Waals surface area contributed by atoms with Crippen molar-refractivity contribution in [1.29, 1.82) is 0 Å². The van der Waals surface area contributed by atoms with Crippen LogP contribution in [0.4, 0.5) is 28.9 Å². The number of aromatic nitrogens is 6. The summed E-state index contributed by atoms with van der Waals surface area (Å²) in [6, 6.07) is 24.4. The molecule has 0 spiro atoms. The minimum Gasteiger partial charge on any atom is -0.326 e. The SMILES string of the molecule is NS(=O)(=O)c1cc(NC(=O)Cc2ccccc2Cl)ccc1-n1nc2cc(F)cc(F)c2n1.NS(=O)(=O)c1cc(NC(=O)Cc2ccccc2Cl)ccc1-n1nnc2c(F)cc(F)cc21. The maximum absolute atomic E-state index is 14.0. The summed E-state index contributed by atoms with van der Waals surface area (Å²) in [5.41, 5.74) is 0.567. The fourth-order valence-corrected chi connectivity index (χ4v) is 8.08. The highest BCUT2D eigenvalue weighted by atomic mass is 35.5. The fraction of sp³-hybridized carbons (Fsp3) is 0.0500. The van der Waals surface area contributed by atoms with Gasteiger partial charge in [-0.05, 0) is 59.7 Å². The van der Waals surface area contributed by atoms with E-state index >= 15 is 0 Å². The van der Waals surface area contributed by atoms with Gasteiger partial charge in [0.1, 0.15) is 49.2 Å². The number of hydrogen-bond acceptors (Lipinski definition) is 10. The summed E-state index contributed by atoms with van der Waals surface area (Å²) in [5, 5.41) is 31.9. The summed E-state index contributed by atoms with van der Waals surface area (Å²) < 4.78 is 105. The van der Waals surface area contributed by atoms with Crippen molar-refractivity contribution in [2.75, 3.05) is 10.6 Å². The van der Waals surface area contributed by atoms with Gasteiger partial charge in [-0.2, -0.15) is 0 Å². The normalized spacial score (nSPS) is 11.6. The Labute approximate surface area is 369 Å². The molecule has 2 aromatic heterocycles. The molecule has 0 unspecified atom stereocenters. The lowest BCUT2D eigenvalue weighted by Gasteiger charge is -2.12. The molecule has 0 bridgehead atoms. The summed E-state index contributed by atoms with van der Waals surface area (Å²) in [4.78, 5) is 24.8. The van der Waals surface area contributed by atoms with Gasteiger partial charge in [0.2, 0.25) is 31.9 Å². The lowest BCUT2D eigenvalue weighted by Crippen LogP contribution is -2.18. The maximum atomic E-state index is 14.0. The zero-order valence-electron chi connectivity index (χ0n) is 32.2. The molecule has 8 rings (SSSR count). The molecule has 6 N–H and O–H groups in total. The van der Waals surface area contributed by atoms with Gasteiger partial charge >= 0.3 is 0 Å². The number of sulfonamides is 2. The Hall–Kier alpha value is -6.82. The largest absolute Gasteiger partial charge is 0.326 e. The first-order valence-corrected chi connectivity index (χ1v) is 21.9. The summed E-state index contributed by atoms with van der Waals surface area (Å²) in [7, 11) is -8.62. The standard InChI is InChI=1S/2C20H14ClF2N5O3S/c21-14-4-2-1-3-11(14)7-19(29)25-13-5-6-17(18(10-13)32(24,30)31)28-26-16-9-12(22)8-15(23)20(16)27-28;21-14-4-2-1-3-11(14)7-19(29)25-13-5-6-16(18(10-13)32(24,30)31)28-17-9-12(22)8-15(23)20(17)26-27-28/h2*1-6,8-10H,7H2,(H,25,29)(H2,24,30,31). The number of rotatable bonds is 10. The number of anilines is 2. The molecule has 24 heteroatoms. The van der Waals surface area contributed by atoms with Gasteiger partial charge < -0.3 is 10.6 Å². The van der Waals surface area contributed by atoms with Crippen LogP contribution in [0.2, 0.25) is 10.0 Å². The number of carbonyl (C=O) groups excluding carboxylic acids is 2. The zero-order valence-corrected chi connectivity index (χ0v) is 35.3. The van der Waals surface area contributed by atoms with Crippen LogP contribution in [0.5, 0.6) is 0 Å². The number of hydrogen-bond donors (Lipinski definition) is 4. The van der Waals surface area contributed by atoms with Crippen molar-refractivity contribution in [3.8, 4) is 11.4 Å². The molecule has 0 aliphatic carbocycles. The fourth-order valence-electron chi connectivity index (χ4n) is 6.20. The van der Waals surface area contributed by atoms with Crippen molar-refractivity contribution in [3.63, 3.8) is 0 Å². The molecule has 64 heavy (non-hydrogen) atoms. The molecule has 16 nitrogen and oxygen atoms in total. The van der Waals surface area contributed by atoms with Crippen LogP contribution in [-0.2, 0) is 42.5 Å². The van der Waals surface area contributed by atoms with Crippen molar-refractivity contribution < 1.29 is 44.0 Å². The Morgan fingerprint density at radius 2 is 1.09 bits per heavy atom. The van der Waals surface area contributed by atoms with Crippen LogP contribution < -0.4 is 20.9 Å². The number of nitrogens with two attached hydrogens (primary N) is 2. The Morgan fingerprint density at radius 1 is 0.609 bits per heavy atom. The number of nitrogens with zero attached hydrogens (tertiary/aromatic N) is 6. The van der Waals surface area contributed by atoms with Crippen LogP contribution in [-0.4, -0.2) is 58.6 Å². The zero-order chi connectivity index (χ0) is 46.1. The Morgan fingerprint density at radius 3 is 1.62 bits per heavy atom. The van der Waals surface area contributed by atoms with Gasteiger partial charge in [0.05, 0.1) is 18.5 Å². The van der Waals surface area contributed by atoms with Crippen molar-refractivity contribution in [2.24, 2.45) is 10.3 Å². The summed E-state index contributed by atoms with van der Waals surface area (Å²) in [6.07, 6.45) is -0.0819. The Balaban J connectivity index is 0.000000191. The molecule has 6 aromatic carbocycles. The highest BCUT2D eigenvalue weighted by Crippen LogP contribution is 2.29. The number of amides is 2. The third-order valence-corrected chi connectivity index (χ3v) is 11.7. The van der Waals surface area contributed by atoms with E-state index in [9.17, 15) is 44.0 Å². The second kappa shape index (κ2) is 18.1. The smallest absolute Gasteiger partial charge is 0.240 e. The van der Waals surface area contributed by atoms with Crippen LogP contribution in [0.1, 0.15) is 11.1 Å². The third kappa shape index (κ3) is 10.2. The molecule has 0 atom stereocenters. The minimum atomic E-state index is -4.32. The molecule has 0 saturated carbocycles. The lowest BCUT2D eigenvalue weighted by atomic mass is 10.1. The number of nitrogens with one attached hydrogen (secondary N) is 2. The predicted octanol–water partition coefficient (Wildman–Crippen LogP) is 6.36. The first-order chi connectivity index (χ1) is 30.2. The highest BCUT2D eigenvalue weighted by molar-refractivity contribution is 7.89. The van der Waals surface area contributed by atoms with E-state index in [2.05, 4.69) is 31.1 Å². The van der Waals surface area contributed by atoms with Gasteiger partial charge in [0.25, 0.3) is 0 Å². The van der Waals surface area contributed by atoms with Gasteiger partial charge in [-0.3, -0.25) is 9.59 Å². The number of halogens is 6. The van der Waals surface area contributed by atoms with E-state index < -0.39 is 64.9 Å². The van der Waals surface area contributed by atoms with Crippen molar-refractivity contribution in [2.45, 2.75) is 22.6 Å². The quantitative estimate of drug-likeness (QED) is 0.111. The number of carbonyl (C=O) groups is 2. The third-order valence-electron chi connectivity index (χ3n) is 9.04. The van der Waals surface area contributed by atoms with Crippen LogP contribution in [0.3, 0.4) is 0 Å². The van der Waals surface area contributed by atoms with Gasteiger partial charge in [0, 0.05) is 45.7 Å². The minimum absolute atomic E-state index is 0.0386. The molecule has 328 valence electrons. The molecular weight excluding hydrogens is 928 g/mol. The van der Waals surface area contributed by atoms with Crippen LogP contribution in [0.25, 0.3) is 33.4 Å². The van der Waals surface area contributed by atoms with E-state index in [1.807, 2.05) is 0 Å². The van der Waals surface area contributed by atoms with E-state index in [-0.39, 0.29) is 57.7 Å². The summed E-state index contributed by atoms with van der Waals surface area (Å²) >= 11 is 12.1. The molecule has 0 saturated heterocycles. The van der Waals surface area contributed by atoms with Crippen LogP contribution >= 0.6 is 23.2 Å². The van der Waals surface area contributed by atoms with Gasteiger partial charge in [-0.1, -0.05) is 64.8 Å². The first kappa shape index (κ1) is 45.2. The van der Waals surface area contributed by atoms with E-state index in [0.717, 1.165) is 33.7 Å². The molecular formula is C40H28Cl2F4N10O6S2. The average molecular weight is 956 g/mol. The number of primary sulfonamides is 2. The second-order valence-corrected chi connectivity index (χ2v) is 17.5. The summed E-state index contributed by atoms with van der Waals surface area (Å²) in [5.74, 6) is -4.53. The molecule has 0 radical (unpaired) electrons. The van der Waals surface area contributed by atoms with Gasteiger partial charge in [0.15, 0.2) is 11.6 Å². The molecule has 0 fully saturated rings. The Bertz CT molecular complexity index is 3380. The molecule has 0 aliphatic rings. The number of fused-ring (bicyclic) bond motifs is 2. The molecule has 8 aromatic rings. The lowest BCUT2D eigenvalue weighted by molar-refractivity contribution is -0.116. The van der Waals surface area contributed by atoms with Crippen molar-refractivity contribution in [3.05, 3.63) is 154 Å².